The van der Waals surface area contributed by atoms with Crippen molar-refractivity contribution in [3.8, 4) is 0 Å². The summed E-state index contributed by atoms with van der Waals surface area (Å²) < 4.78 is 15.4. The van der Waals surface area contributed by atoms with Crippen LogP contribution in [0, 0.1) is 0 Å². The number of carboxylic acid groups (broad SMARTS) is 1. The molecule has 0 aliphatic carbocycles. The molecule has 0 fully saturated rings. The monoisotopic (exact) mass is 249 g/mol. The van der Waals surface area contributed by atoms with Gasteiger partial charge in [-0.3, -0.25) is 4.79 Å². The topological polar surface area (TPSA) is 91.0 Å². The van der Waals surface area contributed by atoms with Crippen LogP contribution in [0.2, 0.25) is 0 Å². The van der Waals surface area contributed by atoms with Gasteiger partial charge in [-0.15, -0.1) is 0 Å². The van der Waals surface area contributed by atoms with Crippen LogP contribution in [0.5, 0.6) is 0 Å². The number of ether oxygens (including phenoxy) is 3. The zero-order chi connectivity index (χ0) is 13.3. The first kappa shape index (κ1) is 16.3. The molecule has 0 saturated heterocycles. The Balaban J connectivity index is 3.59. The standard InChI is InChI=1S/C11H23NO5/c1-9(8-11(2,12)10(13)14)17-7-6-16-5-4-15-3/h9H,4-8,12H2,1-3H3,(H,13,14). The van der Waals surface area contributed by atoms with E-state index in [1.165, 1.54) is 6.92 Å². The highest BCUT2D eigenvalue weighted by atomic mass is 16.5. The Morgan fingerprint density at radius 3 is 2.47 bits per heavy atom. The third-order valence-corrected chi connectivity index (χ3v) is 2.26. The SMILES string of the molecule is COCCOCCOC(C)CC(C)(N)C(=O)O. The van der Waals surface area contributed by atoms with E-state index in [0.717, 1.165) is 0 Å². The molecular formula is C11H23NO5. The van der Waals surface area contributed by atoms with Gasteiger partial charge in [-0.25, -0.2) is 0 Å². The molecule has 0 spiro atoms. The molecule has 17 heavy (non-hydrogen) atoms. The second-order valence-electron chi connectivity index (χ2n) is 4.21. The molecule has 2 unspecified atom stereocenters. The van der Waals surface area contributed by atoms with Crippen LogP contribution in [-0.2, 0) is 19.0 Å². The average Bonchev–Trinajstić information content (AvgIpc) is 2.22. The molecule has 0 rings (SSSR count). The Morgan fingerprint density at radius 1 is 1.35 bits per heavy atom. The maximum atomic E-state index is 10.8. The number of methoxy groups -OCH3 is 1. The molecule has 3 N–H and O–H groups in total. The molecule has 0 radical (unpaired) electrons. The number of aliphatic carboxylic acids is 1. The summed E-state index contributed by atoms with van der Waals surface area (Å²) in [7, 11) is 1.61. The smallest absolute Gasteiger partial charge is 0.323 e. The Labute approximate surface area is 102 Å². The van der Waals surface area contributed by atoms with Crippen LogP contribution in [0.1, 0.15) is 20.3 Å². The molecule has 0 aromatic rings. The van der Waals surface area contributed by atoms with Crippen LogP contribution in [-0.4, -0.2) is 56.3 Å². The molecule has 2 atom stereocenters. The fourth-order valence-electron chi connectivity index (χ4n) is 1.30. The molecule has 0 aliphatic rings. The summed E-state index contributed by atoms with van der Waals surface area (Å²) in [6, 6.07) is 0. The van der Waals surface area contributed by atoms with E-state index < -0.39 is 11.5 Å². The Morgan fingerprint density at radius 2 is 1.94 bits per heavy atom. The van der Waals surface area contributed by atoms with Gasteiger partial charge in [-0.05, 0) is 13.8 Å². The number of hydrogen-bond donors (Lipinski definition) is 2. The number of rotatable bonds is 10. The summed E-state index contributed by atoms with van der Waals surface area (Å²) in [4.78, 5) is 10.8. The molecule has 0 bridgehead atoms. The lowest BCUT2D eigenvalue weighted by Crippen LogP contribution is -2.47. The molecular weight excluding hydrogens is 226 g/mol. The fourth-order valence-corrected chi connectivity index (χ4v) is 1.30. The number of nitrogens with two attached hydrogens (primary N) is 1. The Hall–Kier alpha value is -0.690. The number of carbonyl (C=O) groups is 1. The lowest BCUT2D eigenvalue weighted by molar-refractivity contribution is -0.144. The van der Waals surface area contributed by atoms with E-state index in [-0.39, 0.29) is 12.5 Å². The van der Waals surface area contributed by atoms with Gasteiger partial charge in [0, 0.05) is 13.5 Å². The molecule has 0 amide bonds. The van der Waals surface area contributed by atoms with Crippen molar-refractivity contribution in [2.24, 2.45) is 5.73 Å². The summed E-state index contributed by atoms with van der Waals surface area (Å²) in [6.45, 7) is 5.23. The van der Waals surface area contributed by atoms with Crippen LogP contribution in [0.4, 0.5) is 0 Å². The highest BCUT2D eigenvalue weighted by Crippen LogP contribution is 2.11. The molecule has 6 heteroatoms. The molecule has 0 heterocycles. The van der Waals surface area contributed by atoms with Gasteiger partial charge in [0.25, 0.3) is 0 Å². The van der Waals surface area contributed by atoms with E-state index in [0.29, 0.717) is 26.4 Å². The summed E-state index contributed by atoms with van der Waals surface area (Å²) in [6.07, 6.45) is 0.0487. The second-order valence-corrected chi connectivity index (χ2v) is 4.21. The van der Waals surface area contributed by atoms with Crippen LogP contribution < -0.4 is 5.73 Å². The van der Waals surface area contributed by atoms with Crippen LogP contribution in [0.15, 0.2) is 0 Å². The van der Waals surface area contributed by atoms with Crippen LogP contribution in [0.25, 0.3) is 0 Å². The van der Waals surface area contributed by atoms with Gasteiger partial charge in [-0.1, -0.05) is 0 Å². The summed E-state index contributed by atoms with van der Waals surface area (Å²) in [5.74, 6) is -1.02. The number of carboxylic acids is 1. The highest BCUT2D eigenvalue weighted by molar-refractivity contribution is 5.77. The minimum atomic E-state index is -1.25. The molecule has 0 aliphatic heterocycles. The van der Waals surface area contributed by atoms with Crippen molar-refractivity contribution in [2.75, 3.05) is 33.5 Å². The summed E-state index contributed by atoms with van der Waals surface area (Å²) in [5.41, 5.74) is 4.35. The maximum absolute atomic E-state index is 10.8. The van der Waals surface area contributed by atoms with E-state index in [1.54, 1.807) is 14.0 Å². The Bertz CT molecular complexity index is 220. The van der Waals surface area contributed by atoms with Crippen molar-refractivity contribution in [3.63, 3.8) is 0 Å². The third-order valence-electron chi connectivity index (χ3n) is 2.26. The molecule has 102 valence electrons. The quantitative estimate of drug-likeness (QED) is 0.539. The lowest BCUT2D eigenvalue weighted by Gasteiger charge is -2.23. The van der Waals surface area contributed by atoms with Gasteiger partial charge in [0.05, 0.1) is 32.5 Å². The summed E-state index contributed by atoms with van der Waals surface area (Å²) >= 11 is 0. The first-order valence-corrected chi connectivity index (χ1v) is 5.60. The third kappa shape index (κ3) is 8.09. The van der Waals surface area contributed by atoms with Gasteiger partial charge >= 0.3 is 5.97 Å². The van der Waals surface area contributed by atoms with E-state index in [4.69, 9.17) is 25.1 Å². The van der Waals surface area contributed by atoms with E-state index in [9.17, 15) is 4.79 Å². The molecule has 0 aromatic heterocycles. The molecule has 0 aromatic carbocycles. The fraction of sp³-hybridized carbons (Fsp3) is 0.909. The van der Waals surface area contributed by atoms with Crippen molar-refractivity contribution >= 4 is 5.97 Å². The van der Waals surface area contributed by atoms with Crippen LogP contribution in [0.3, 0.4) is 0 Å². The van der Waals surface area contributed by atoms with Crippen molar-refractivity contribution in [2.45, 2.75) is 31.9 Å². The number of hydrogen-bond acceptors (Lipinski definition) is 5. The first-order valence-electron chi connectivity index (χ1n) is 5.60. The van der Waals surface area contributed by atoms with Crippen molar-refractivity contribution in [1.82, 2.24) is 0 Å². The van der Waals surface area contributed by atoms with Gasteiger partial charge in [0.2, 0.25) is 0 Å². The first-order chi connectivity index (χ1) is 7.90. The van der Waals surface area contributed by atoms with E-state index in [2.05, 4.69) is 0 Å². The largest absolute Gasteiger partial charge is 0.480 e. The van der Waals surface area contributed by atoms with Crippen molar-refractivity contribution < 1.29 is 24.1 Å². The molecule has 6 nitrogen and oxygen atoms in total. The average molecular weight is 249 g/mol. The lowest BCUT2D eigenvalue weighted by atomic mass is 9.96. The van der Waals surface area contributed by atoms with E-state index >= 15 is 0 Å². The predicted molar refractivity (Wildman–Crippen MR) is 63.0 cm³/mol. The van der Waals surface area contributed by atoms with Crippen molar-refractivity contribution in [1.29, 1.82) is 0 Å². The minimum Gasteiger partial charge on any atom is -0.480 e. The zero-order valence-corrected chi connectivity index (χ0v) is 10.8. The van der Waals surface area contributed by atoms with Gasteiger partial charge in [-0.2, -0.15) is 0 Å². The highest BCUT2D eigenvalue weighted by Gasteiger charge is 2.30. The van der Waals surface area contributed by atoms with Crippen LogP contribution >= 0.6 is 0 Å². The summed E-state index contributed by atoms with van der Waals surface area (Å²) in [5, 5.41) is 8.84. The molecule has 0 saturated carbocycles. The second kappa shape index (κ2) is 8.41. The minimum absolute atomic E-state index is 0.216. The Kier molecular flexibility index (Phi) is 8.07. The van der Waals surface area contributed by atoms with Gasteiger partial charge in [0.15, 0.2) is 0 Å². The van der Waals surface area contributed by atoms with Gasteiger partial charge < -0.3 is 25.1 Å². The van der Waals surface area contributed by atoms with Gasteiger partial charge in [0.1, 0.15) is 5.54 Å². The zero-order valence-electron chi connectivity index (χ0n) is 10.8. The predicted octanol–water partition coefficient (Wildman–Crippen LogP) is 0.247. The van der Waals surface area contributed by atoms with Crippen molar-refractivity contribution in [3.05, 3.63) is 0 Å². The normalized spacial score (nSPS) is 16.5. The van der Waals surface area contributed by atoms with E-state index in [1.807, 2.05) is 0 Å². The maximum Gasteiger partial charge on any atom is 0.323 e.